The maximum Gasteiger partial charge on any atom is 0.237 e. The third-order valence-corrected chi connectivity index (χ3v) is 6.41. The van der Waals surface area contributed by atoms with E-state index in [1.54, 1.807) is 0 Å². The van der Waals surface area contributed by atoms with E-state index >= 15 is 0 Å². The van der Waals surface area contributed by atoms with Gasteiger partial charge >= 0.3 is 0 Å². The molecule has 2 saturated carbocycles. The van der Waals surface area contributed by atoms with Gasteiger partial charge in [0, 0.05) is 12.1 Å². The Labute approximate surface area is 130 Å². The Kier molecular flexibility index (Phi) is 4.72. The molecule has 21 heavy (non-hydrogen) atoms. The first-order chi connectivity index (χ1) is 9.74. The molecule has 0 saturated heterocycles. The highest BCUT2D eigenvalue weighted by Crippen LogP contribution is 2.62. The van der Waals surface area contributed by atoms with Crippen LogP contribution in [0.15, 0.2) is 0 Å². The molecule has 0 radical (unpaired) electrons. The molecule has 0 aliphatic heterocycles. The van der Waals surface area contributed by atoms with Crippen LogP contribution in [0.1, 0.15) is 73.6 Å². The zero-order chi connectivity index (χ0) is 15.8. The average Bonchev–Trinajstić information content (AvgIpc) is 2.91. The second kappa shape index (κ2) is 5.91. The molecule has 1 amide bonds. The highest BCUT2D eigenvalue weighted by Gasteiger charge is 2.59. The molecule has 4 unspecified atom stereocenters. The molecule has 0 aromatic rings. The van der Waals surface area contributed by atoms with Gasteiger partial charge in [-0.2, -0.15) is 0 Å². The third-order valence-electron chi connectivity index (χ3n) is 6.41. The number of carbonyl (C=O) groups excluding carboxylic acids is 1. The Morgan fingerprint density at radius 2 is 1.86 bits per heavy atom. The number of nitrogens with one attached hydrogen (secondary N) is 2. The zero-order valence-electron chi connectivity index (χ0n) is 14.8. The molecular formula is C18H34N2O. The van der Waals surface area contributed by atoms with Gasteiger partial charge in [0.15, 0.2) is 0 Å². The highest BCUT2D eigenvalue weighted by atomic mass is 16.2. The van der Waals surface area contributed by atoms with Crippen molar-refractivity contribution in [2.24, 2.45) is 16.7 Å². The summed E-state index contributed by atoms with van der Waals surface area (Å²) in [5.41, 5.74) is 0.675. The maximum atomic E-state index is 12.4. The molecule has 4 atom stereocenters. The lowest BCUT2D eigenvalue weighted by Crippen LogP contribution is -2.57. The normalized spacial score (nSPS) is 35.2. The average molecular weight is 294 g/mol. The lowest BCUT2D eigenvalue weighted by molar-refractivity contribution is -0.124. The Morgan fingerprint density at radius 1 is 1.24 bits per heavy atom. The van der Waals surface area contributed by atoms with E-state index in [0.29, 0.717) is 22.9 Å². The molecule has 2 rings (SSSR count). The van der Waals surface area contributed by atoms with Crippen molar-refractivity contribution in [3.63, 3.8) is 0 Å². The van der Waals surface area contributed by atoms with E-state index in [9.17, 15) is 4.79 Å². The van der Waals surface area contributed by atoms with Crippen LogP contribution in [0.25, 0.3) is 0 Å². The van der Waals surface area contributed by atoms with Gasteiger partial charge in [0.1, 0.15) is 0 Å². The van der Waals surface area contributed by atoms with Gasteiger partial charge < -0.3 is 10.6 Å². The van der Waals surface area contributed by atoms with Crippen LogP contribution in [0, 0.1) is 16.7 Å². The lowest BCUT2D eigenvalue weighted by Gasteiger charge is -2.44. The Balaban J connectivity index is 1.99. The van der Waals surface area contributed by atoms with Gasteiger partial charge in [0.25, 0.3) is 0 Å². The smallest absolute Gasteiger partial charge is 0.237 e. The number of carbonyl (C=O) groups is 1. The van der Waals surface area contributed by atoms with Crippen molar-refractivity contribution in [2.45, 2.75) is 91.8 Å². The van der Waals surface area contributed by atoms with Crippen molar-refractivity contribution in [2.75, 3.05) is 0 Å². The van der Waals surface area contributed by atoms with Crippen LogP contribution in [0.3, 0.4) is 0 Å². The van der Waals surface area contributed by atoms with E-state index in [4.69, 9.17) is 0 Å². The summed E-state index contributed by atoms with van der Waals surface area (Å²) in [6, 6.07) is 0.655. The maximum absolute atomic E-state index is 12.4. The fourth-order valence-electron chi connectivity index (χ4n) is 4.86. The summed E-state index contributed by atoms with van der Waals surface area (Å²) in [7, 11) is 0. The van der Waals surface area contributed by atoms with Crippen molar-refractivity contribution in [3.8, 4) is 0 Å². The summed E-state index contributed by atoms with van der Waals surface area (Å²) in [5, 5.41) is 6.85. The minimum atomic E-state index is -0.106. The monoisotopic (exact) mass is 294 g/mol. The number of amides is 1. The van der Waals surface area contributed by atoms with Gasteiger partial charge in [0.2, 0.25) is 5.91 Å². The molecule has 0 aromatic heterocycles. The predicted molar refractivity (Wildman–Crippen MR) is 88.1 cm³/mol. The van der Waals surface area contributed by atoms with Crippen LogP contribution >= 0.6 is 0 Å². The van der Waals surface area contributed by atoms with E-state index in [1.807, 2.05) is 6.92 Å². The minimum absolute atomic E-state index is 0.106. The molecule has 0 heterocycles. The van der Waals surface area contributed by atoms with Crippen molar-refractivity contribution in [1.82, 2.24) is 10.6 Å². The first-order valence-electron chi connectivity index (χ1n) is 8.81. The summed E-state index contributed by atoms with van der Waals surface area (Å²) in [5.74, 6) is 0.972. The van der Waals surface area contributed by atoms with Gasteiger partial charge in [-0.15, -0.1) is 0 Å². The van der Waals surface area contributed by atoms with Crippen molar-refractivity contribution >= 4 is 5.91 Å². The third kappa shape index (κ3) is 2.99. The zero-order valence-corrected chi connectivity index (χ0v) is 14.8. The largest absolute Gasteiger partial charge is 0.352 e. The summed E-state index contributed by atoms with van der Waals surface area (Å²) < 4.78 is 0. The van der Waals surface area contributed by atoms with Gasteiger partial charge in [-0.1, -0.05) is 34.6 Å². The minimum Gasteiger partial charge on any atom is -0.352 e. The van der Waals surface area contributed by atoms with Crippen molar-refractivity contribution < 1.29 is 4.79 Å². The molecule has 122 valence electrons. The van der Waals surface area contributed by atoms with Crippen LogP contribution in [0.2, 0.25) is 0 Å². The second-order valence-electron chi connectivity index (χ2n) is 8.26. The Hall–Kier alpha value is -0.570. The molecule has 2 aliphatic rings. The van der Waals surface area contributed by atoms with Crippen LogP contribution in [0.4, 0.5) is 0 Å². The van der Waals surface area contributed by atoms with Gasteiger partial charge in [-0.05, 0) is 55.8 Å². The van der Waals surface area contributed by atoms with Crippen LogP contribution in [0.5, 0.6) is 0 Å². The Bertz CT molecular complexity index is 384. The van der Waals surface area contributed by atoms with Crippen molar-refractivity contribution in [1.29, 1.82) is 0 Å². The number of hydrogen-bond donors (Lipinski definition) is 2. The Morgan fingerprint density at radius 3 is 2.33 bits per heavy atom. The molecule has 0 aromatic carbocycles. The summed E-state index contributed by atoms with van der Waals surface area (Å²) in [4.78, 5) is 12.4. The topological polar surface area (TPSA) is 41.1 Å². The van der Waals surface area contributed by atoms with Crippen LogP contribution < -0.4 is 10.6 Å². The lowest BCUT2D eigenvalue weighted by atomic mass is 9.68. The highest BCUT2D eigenvalue weighted by molar-refractivity contribution is 5.81. The van der Waals surface area contributed by atoms with Gasteiger partial charge in [-0.25, -0.2) is 0 Å². The molecule has 3 nitrogen and oxygen atoms in total. The van der Waals surface area contributed by atoms with E-state index in [2.05, 4.69) is 45.3 Å². The van der Waals surface area contributed by atoms with E-state index in [-0.39, 0.29) is 11.9 Å². The second-order valence-corrected chi connectivity index (χ2v) is 8.26. The standard InChI is InChI=1S/C18H34N2O/c1-7-14(8-2)20-15(21)12(3)19-16-17(4,5)13-9-10-18(16,6)11-13/h12-14,16,19H,7-11H2,1-6H3,(H,20,21). The number of hydrogen-bond acceptors (Lipinski definition) is 2. The van der Waals surface area contributed by atoms with Gasteiger partial charge in [0.05, 0.1) is 6.04 Å². The van der Waals surface area contributed by atoms with E-state index < -0.39 is 0 Å². The van der Waals surface area contributed by atoms with Crippen LogP contribution in [-0.2, 0) is 4.79 Å². The number of rotatable bonds is 6. The molecule has 2 fully saturated rings. The molecule has 2 aliphatic carbocycles. The SMILES string of the molecule is CCC(CC)NC(=O)C(C)NC1C2(C)CCC(C2)C1(C)C. The molecule has 3 heteroatoms. The van der Waals surface area contributed by atoms with E-state index in [0.717, 1.165) is 18.8 Å². The molecule has 2 N–H and O–H groups in total. The quantitative estimate of drug-likeness (QED) is 0.787. The summed E-state index contributed by atoms with van der Waals surface area (Å²) >= 11 is 0. The van der Waals surface area contributed by atoms with Gasteiger partial charge in [-0.3, -0.25) is 4.79 Å². The van der Waals surface area contributed by atoms with Crippen molar-refractivity contribution in [3.05, 3.63) is 0 Å². The molecule has 2 bridgehead atoms. The number of fused-ring (bicyclic) bond motifs is 2. The summed E-state index contributed by atoms with van der Waals surface area (Å²) in [6.45, 7) is 13.4. The molecular weight excluding hydrogens is 260 g/mol. The molecule has 0 spiro atoms. The fraction of sp³-hybridized carbons (Fsp3) is 0.944. The predicted octanol–water partition coefficient (Wildman–Crippen LogP) is 3.48. The fourth-order valence-corrected chi connectivity index (χ4v) is 4.86. The van der Waals surface area contributed by atoms with E-state index in [1.165, 1.54) is 19.3 Å². The first-order valence-corrected chi connectivity index (χ1v) is 8.81. The van der Waals surface area contributed by atoms with Crippen LogP contribution in [-0.4, -0.2) is 24.0 Å². The first kappa shape index (κ1) is 16.8. The summed E-state index contributed by atoms with van der Waals surface area (Å²) in [6.07, 6.45) is 5.99.